The van der Waals surface area contributed by atoms with Gasteiger partial charge in [0.15, 0.2) is 10.1 Å². The summed E-state index contributed by atoms with van der Waals surface area (Å²) in [6.45, 7) is 0. The Balaban J connectivity index is 0. The molecule has 0 aromatic heterocycles. The van der Waals surface area contributed by atoms with Crippen LogP contribution in [-0.2, 0) is 10.1 Å². The molecule has 2 unspecified atom stereocenters. The first kappa shape index (κ1) is 16.4. The van der Waals surface area contributed by atoms with Gasteiger partial charge in [-0.15, -0.1) is 0 Å². The van der Waals surface area contributed by atoms with Gasteiger partial charge in [0.1, 0.15) is 0 Å². The molecule has 0 heterocycles. The van der Waals surface area contributed by atoms with Crippen LogP contribution in [-0.4, -0.2) is 30.6 Å². The highest BCUT2D eigenvalue weighted by molar-refractivity contribution is 7.86. The van der Waals surface area contributed by atoms with Crippen LogP contribution in [0.2, 0.25) is 0 Å². The SMILES string of the molecule is O=S(=O)([O-])C(F)(F)C(F)C(F)(F)F.[PH4+]. The van der Waals surface area contributed by atoms with Crippen LogP contribution in [0.15, 0.2) is 0 Å². The predicted octanol–water partition coefficient (Wildman–Crippen LogP) is 0.815. The van der Waals surface area contributed by atoms with Crippen molar-refractivity contribution in [2.75, 3.05) is 0 Å². The molecule has 14 heavy (non-hydrogen) atoms. The predicted molar refractivity (Wildman–Crippen MR) is 38.1 cm³/mol. The van der Waals surface area contributed by atoms with Crippen molar-refractivity contribution in [2.24, 2.45) is 0 Å². The van der Waals surface area contributed by atoms with Crippen molar-refractivity contribution in [2.45, 2.75) is 17.6 Å². The van der Waals surface area contributed by atoms with Gasteiger partial charge >= 0.3 is 11.4 Å². The molecule has 0 N–H and O–H groups in total. The quantitative estimate of drug-likeness (QED) is 0.422. The van der Waals surface area contributed by atoms with Crippen molar-refractivity contribution in [1.82, 2.24) is 0 Å². The van der Waals surface area contributed by atoms with Gasteiger partial charge in [0.05, 0.1) is 0 Å². The van der Waals surface area contributed by atoms with Gasteiger partial charge in [-0.1, -0.05) is 0 Å². The Morgan fingerprint density at radius 1 is 1.07 bits per heavy atom. The molecule has 0 aliphatic rings. The van der Waals surface area contributed by atoms with Crippen molar-refractivity contribution in [1.29, 1.82) is 0 Å². The van der Waals surface area contributed by atoms with E-state index in [4.69, 9.17) is 0 Å². The molecule has 3 nitrogen and oxygen atoms in total. The van der Waals surface area contributed by atoms with Crippen LogP contribution in [0.3, 0.4) is 0 Å². The molecule has 11 heteroatoms. The molecular weight excluding hydrogens is 261 g/mol. The third-order valence-corrected chi connectivity index (χ3v) is 1.79. The number of hydrogen-bond acceptors (Lipinski definition) is 3. The fourth-order valence-electron chi connectivity index (χ4n) is 0.317. The summed E-state index contributed by atoms with van der Waals surface area (Å²) in [6.07, 6.45) is -11.1. The second kappa shape index (κ2) is 4.19. The Kier molecular flexibility index (Phi) is 4.90. The fraction of sp³-hybridized carbons (Fsp3) is 1.00. The van der Waals surface area contributed by atoms with Crippen molar-refractivity contribution in [3.8, 4) is 0 Å². The number of rotatable bonds is 2. The van der Waals surface area contributed by atoms with Crippen LogP contribution >= 0.6 is 9.90 Å². The smallest absolute Gasteiger partial charge is 0.426 e. The summed E-state index contributed by atoms with van der Waals surface area (Å²) < 4.78 is 97.5. The van der Waals surface area contributed by atoms with Gasteiger partial charge in [0, 0.05) is 0 Å². The maximum absolute atomic E-state index is 11.8. The largest absolute Gasteiger partial charge is 0.743 e. The van der Waals surface area contributed by atoms with Gasteiger partial charge in [0.2, 0.25) is 0 Å². The lowest BCUT2D eigenvalue weighted by Crippen LogP contribution is -2.46. The molecule has 0 aliphatic carbocycles. The summed E-state index contributed by atoms with van der Waals surface area (Å²) in [6, 6.07) is 0. The van der Waals surface area contributed by atoms with Crippen LogP contribution in [0, 0.1) is 0 Å². The van der Waals surface area contributed by atoms with Crippen LogP contribution in [0.5, 0.6) is 0 Å². The van der Waals surface area contributed by atoms with Crippen LogP contribution in [0.4, 0.5) is 26.3 Å². The van der Waals surface area contributed by atoms with Crippen molar-refractivity contribution in [3.63, 3.8) is 0 Å². The molecule has 0 bridgehead atoms. The van der Waals surface area contributed by atoms with E-state index in [1.54, 1.807) is 0 Å². The maximum Gasteiger partial charge on any atom is 0.426 e. The molecule has 0 spiro atoms. The van der Waals surface area contributed by atoms with E-state index >= 15 is 0 Å². The van der Waals surface area contributed by atoms with Gasteiger partial charge in [-0.25, -0.2) is 12.8 Å². The molecular formula is C3H5F6O3PS. The average molecular weight is 266 g/mol. The Morgan fingerprint density at radius 3 is 1.43 bits per heavy atom. The van der Waals surface area contributed by atoms with Crippen molar-refractivity contribution < 1.29 is 39.3 Å². The number of hydrogen-bond donors (Lipinski definition) is 0. The molecule has 0 rings (SSSR count). The molecule has 0 fully saturated rings. The molecule has 2 atom stereocenters. The van der Waals surface area contributed by atoms with Crippen molar-refractivity contribution in [3.05, 3.63) is 0 Å². The monoisotopic (exact) mass is 266 g/mol. The standard InChI is InChI=1S/C3H2F6O3S.H3P/c4-1(2(5,6)7)3(8,9)13(10,11)12;/h1H,(H,10,11,12);1H3. The van der Waals surface area contributed by atoms with E-state index in [0.29, 0.717) is 0 Å². The Morgan fingerprint density at radius 2 is 1.36 bits per heavy atom. The van der Waals surface area contributed by atoms with Gasteiger partial charge in [0.25, 0.3) is 6.17 Å². The van der Waals surface area contributed by atoms with E-state index in [-0.39, 0.29) is 9.90 Å². The Hall–Kier alpha value is -0.0800. The first-order valence-electron chi connectivity index (χ1n) is 2.44. The highest BCUT2D eigenvalue weighted by Crippen LogP contribution is 2.37. The zero-order chi connectivity index (χ0) is 11.1. The first-order chi connectivity index (χ1) is 5.40. The molecule has 0 saturated carbocycles. The molecule has 0 aliphatic heterocycles. The minimum Gasteiger partial charge on any atom is -0.743 e. The normalized spacial score (nSPS) is 15.9. The lowest BCUT2D eigenvalue weighted by molar-refractivity contribution is -0.223. The van der Waals surface area contributed by atoms with Crippen LogP contribution < -0.4 is 0 Å². The molecule has 0 amide bonds. The van der Waals surface area contributed by atoms with Gasteiger partial charge in [-0.05, 0) is 9.90 Å². The minimum atomic E-state index is -6.66. The third kappa shape index (κ3) is 3.25. The fourth-order valence-corrected chi connectivity index (χ4v) is 0.704. The molecule has 0 radical (unpaired) electrons. The van der Waals surface area contributed by atoms with E-state index < -0.39 is 27.7 Å². The average Bonchev–Trinajstić information content (AvgIpc) is 1.81. The van der Waals surface area contributed by atoms with Gasteiger partial charge in [-0.3, -0.25) is 0 Å². The van der Waals surface area contributed by atoms with E-state index in [9.17, 15) is 39.3 Å². The second-order valence-corrected chi connectivity index (χ2v) is 3.37. The van der Waals surface area contributed by atoms with Crippen molar-refractivity contribution >= 4 is 20.0 Å². The highest BCUT2D eigenvalue weighted by atomic mass is 32.2. The van der Waals surface area contributed by atoms with E-state index in [0.717, 1.165) is 0 Å². The lowest BCUT2D eigenvalue weighted by atomic mass is 10.4. The molecule has 0 saturated heterocycles. The Bertz CT molecular complexity index is 283. The second-order valence-electron chi connectivity index (χ2n) is 1.92. The van der Waals surface area contributed by atoms with Crippen LogP contribution in [0.1, 0.15) is 0 Å². The summed E-state index contributed by atoms with van der Waals surface area (Å²) in [5.74, 6) is 0. The lowest BCUT2D eigenvalue weighted by Gasteiger charge is -2.24. The molecule has 0 aromatic carbocycles. The molecule has 0 aromatic rings. The molecule has 88 valence electrons. The van der Waals surface area contributed by atoms with E-state index in [2.05, 4.69) is 0 Å². The zero-order valence-corrected chi connectivity index (χ0v) is 9.29. The summed E-state index contributed by atoms with van der Waals surface area (Å²) >= 11 is 0. The number of alkyl halides is 6. The summed E-state index contributed by atoms with van der Waals surface area (Å²) in [5.41, 5.74) is 0. The van der Waals surface area contributed by atoms with Gasteiger partial charge in [-0.2, -0.15) is 22.0 Å². The summed E-state index contributed by atoms with van der Waals surface area (Å²) in [7, 11) is -6.66. The topological polar surface area (TPSA) is 57.2 Å². The summed E-state index contributed by atoms with van der Waals surface area (Å²) in [4.78, 5) is 0. The van der Waals surface area contributed by atoms with E-state index in [1.165, 1.54) is 0 Å². The third-order valence-electron chi connectivity index (χ3n) is 0.916. The maximum atomic E-state index is 11.8. The van der Waals surface area contributed by atoms with Gasteiger partial charge < -0.3 is 4.55 Å². The summed E-state index contributed by atoms with van der Waals surface area (Å²) in [5, 5.41) is -5.99. The minimum absolute atomic E-state index is 0. The first-order valence-corrected chi connectivity index (χ1v) is 3.85. The zero-order valence-electron chi connectivity index (χ0n) is 6.48. The van der Waals surface area contributed by atoms with E-state index in [1.807, 2.05) is 0 Å². The number of halogens is 6. The highest BCUT2D eigenvalue weighted by Gasteiger charge is 2.61. The van der Waals surface area contributed by atoms with Crippen LogP contribution in [0.25, 0.3) is 0 Å². The Labute approximate surface area is 77.8 Å².